The van der Waals surface area contributed by atoms with E-state index in [1.54, 1.807) is 13.2 Å². The van der Waals surface area contributed by atoms with Crippen LogP contribution in [0.1, 0.15) is 42.9 Å². The Kier molecular flexibility index (Phi) is 5.52. The quantitative estimate of drug-likeness (QED) is 0.559. The SMILES string of the molecule is COc1ccc(CCC2=N/C(=C/c3ccc(C(C)C)cc3)C(=O)O2)cc1. The number of hydrogen-bond donors (Lipinski definition) is 0. The number of rotatable bonds is 6. The number of aliphatic imine (C=N–C) groups is 1. The Morgan fingerprint density at radius 3 is 2.35 bits per heavy atom. The Bertz CT molecular complexity index is 831. The van der Waals surface area contributed by atoms with Crippen molar-refractivity contribution >= 4 is 17.9 Å². The third-order valence-electron chi connectivity index (χ3n) is 4.36. The van der Waals surface area contributed by atoms with Crippen LogP contribution in [-0.2, 0) is 16.0 Å². The second-order valence-corrected chi connectivity index (χ2v) is 6.59. The van der Waals surface area contributed by atoms with E-state index >= 15 is 0 Å². The molecule has 2 aromatic rings. The lowest BCUT2D eigenvalue weighted by atomic mass is 10.0. The van der Waals surface area contributed by atoms with Crippen molar-refractivity contribution in [1.82, 2.24) is 0 Å². The zero-order chi connectivity index (χ0) is 18.5. The van der Waals surface area contributed by atoms with Gasteiger partial charge in [-0.2, -0.15) is 0 Å². The summed E-state index contributed by atoms with van der Waals surface area (Å²) < 4.78 is 10.4. The van der Waals surface area contributed by atoms with E-state index in [4.69, 9.17) is 9.47 Å². The average molecular weight is 349 g/mol. The Hall–Kier alpha value is -2.88. The van der Waals surface area contributed by atoms with Crippen LogP contribution in [0.2, 0.25) is 0 Å². The van der Waals surface area contributed by atoms with Crippen molar-refractivity contribution in [3.63, 3.8) is 0 Å². The Morgan fingerprint density at radius 1 is 1.04 bits per heavy atom. The van der Waals surface area contributed by atoms with Crippen molar-refractivity contribution < 1.29 is 14.3 Å². The van der Waals surface area contributed by atoms with Crippen LogP contribution in [0.4, 0.5) is 0 Å². The van der Waals surface area contributed by atoms with Gasteiger partial charge in [0.15, 0.2) is 11.6 Å². The predicted molar refractivity (Wildman–Crippen MR) is 103 cm³/mol. The monoisotopic (exact) mass is 349 g/mol. The molecule has 0 amide bonds. The molecule has 0 bridgehead atoms. The van der Waals surface area contributed by atoms with Crippen LogP contribution < -0.4 is 4.74 Å². The molecule has 26 heavy (non-hydrogen) atoms. The molecule has 1 aliphatic heterocycles. The number of carbonyl (C=O) groups excluding carboxylic acids is 1. The van der Waals surface area contributed by atoms with E-state index in [9.17, 15) is 4.79 Å². The summed E-state index contributed by atoms with van der Waals surface area (Å²) in [6.07, 6.45) is 3.11. The van der Waals surface area contributed by atoms with Crippen LogP contribution in [0.5, 0.6) is 5.75 Å². The van der Waals surface area contributed by atoms with Gasteiger partial charge in [0.1, 0.15) is 5.75 Å². The van der Waals surface area contributed by atoms with Gasteiger partial charge in [0, 0.05) is 6.42 Å². The number of carbonyl (C=O) groups is 1. The predicted octanol–water partition coefficient (Wildman–Crippen LogP) is 4.75. The second kappa shape index (κ2) is 8.00. The Morgan fingerprint density at radius 2 is 1.73 bits per heavy atom. The first-order chi connectivity index (χ1) is 12.5. The maximum absolute atomic E-state index is 12.0. The number of esters is 1. The van der Waals surface area contributed by atoms with Crippen molar-refractivity contribution in [2.24, 2.45) is 4.99 Å². The number of cyclic esters (lactones) is 1. The molecule has 0 saturated carbocycles. The van der Waals surface area contributed by atoms with Gasteiger partial charge in [0.05, 0.1) is 7.11 Å². The third-order valence-corrected chi connectivity index (χ3v) is 4.36. The summed E-state index contributed by atoms with van der Waals surface area (Å²) in [5.41, 5.74) is 3.71. The van der Waals surface area contributed by atoms with E-state index in [0.29, 0.717) is 23.9 Å². The van der Waals surface area contributed by atoms with E-state index in [1.807, 2.05) is 36.4 Å². The third kappa shape index (κ3) is 4.39. The Labute approximate surface area is 154 Å². The molecular weight excluding hydrogens is 326 g/mol. The first-order valence-corrected chi connectivity index (χ1v) is 8.79. The molecule has 3 rings (SSSR count). The van der Waals surface area contributed by atoms with Gasteiger partial charge in [-0.1, -0.05) is 50.2 Å². The van der Waals surface area contributed by atoms with Crippen molar-refractivity contribution in [3.8, 4) is 5.75 Å². The van der Waals surface area contributed by atoms with Gasteiger partial charge in [-0.05, 0) is 47.2 Å². The molecule has 134 valence electrons. The highest BCUT2D eigenvalue weighted by atomic mass is 16.6. The van der Waals surface area contributed by atoms with Crippen LogP contribution in [0, 0.1) is 0 Å². The van der Waals surface area contributed by atoms with E-state index in [0.717, 1.165) is 23.3 Å². The smallest absolute Gasteiger partial charge is 0.363 e. The number of benzene rings is 2. The van der Waals surface area contributed by atoms with Crippen LogP contribution in [0.25, 0.3) is 6.08 Å². The maximum Gasteiger partial charge on any atom is 0.363 e. The van der Waals surface area contributed by atoms with Crippen LogP contribution in [-0.4, -0.2) is 19.0 Å². The summed E-state index contributed by atoms with van der Waals surface area (Å²) in [6, 6.07) is 16.0. The zero-order valence-corrected chi connectivity index (χ0v) is 15.4. The summed E-state index contributed by atoms with van der Waals surface area (Å²) in [6.45, 7) is 4.31. The van der Waals surface area contributed by atoms with Gasteiger partial charge in [-0.15, -0.1) is 0 Å². The molecule has 1 aliphatic rings. The fourth-order valence-corrected chi connectivity index (χ4v) is 2.74. The highest BCUT2D eigenvalue weighted by Crippen LogP contribution is 2.20. The fourth-order valence-electron chi connectivity index (χ4n) is 2.74. The first kappa shape index (κ1) is 17.9. The van der Waals surface area contributed by atoms with E-state index in [2.05, 4.69) is 31.0 Å². The number of hydrogen-bond acceptors (Lipinski definition) is 4. The lowest BCUT2D eigenvalue weighted by molar-refractivity contribution is -0.130. The van der Waals surface area contributed by atoms with Crippen LogP contribution in [0.15, 0.2) is 59.2 Å². The molecule has 0 aromatic heterocycles. The molecule has 0 atom stereocenters. The lowest BCUT2D eigenvalue weighted by Gasteiger charge is -2.04. The molecule has 2 aromatic carbocycles. The summed E-state index contributed by atoms with van der Waals surface area (Å²) in [5.74, 6) is 1.39. The van der Waals surface area contributed by atoms with Gasteiger partial charge in [-0.3, -0.25) is 0 Å². The van der Waals surface area contributed by atoms with Crippen molar-refractivity contribution in [3.05, 3.63) is 70.9 Å². The first-order valence-electron chi connectivity index (χ1n) is 8.79. The van der Waals surface area contributed by atoms with Gasteiger partial charge in [-0.25, -0.2) is 9.79 Å². The minimum absolute atomic E-state index is 0.354. The molecule has 0 N–H and O–H groups in total. The van der Waals surface area contributed by atoms with Crippen LogP contribution in [0.3, 0.4) is 0 Å². The molecule has 0 fully saturated rings. The number of ether oxygens (including phenoxy) is 2. The summed E-state index contributed by atoms with van der Waals surface area (Å²) >= 11 is 0. The largest absolute Gasteiger partial charge is 0.497 e. The molecule has 0 aliphatic carbocycles. The van der Waals surface area contributed by atoms with E-state index < -0.39 is 0 Å². The fraction of sp³-hybridized carbons (Fsp3) is 0.273. The number of methoxy groups -OCH3 is 1. The summed E-state index contributed by atoms with van der Waals surface area (Å²) in [5, 5.41) is 0. The molecular formula is C22H23NO3. The van der Waals surface area contributed by atoms with E-state index in [-0.39, 0.29) is 5.97 Å². The highest BCUT2D eigenvalue weighted by Gasteiger charge is 2.22. The lowest BCUT2D eigenvalue weighted by Crippen LogP contribution is -2.05. The zero-order valence-electron chi connectivity index (χ0n) is 15.4. The van der Waals surface area contributed by atoms with Crippen molar-refractivity contribution in [2.45, 2.75) is 32.6 Å². The van der Waals surface area contributed by atoms with Gasteiger partial charge < -0.3 is 9.47 Å². The summed E-state index contributed by atoms with van der Waals surface area (Å²) in [4.78, 5) is 16.4. The van der Waals surface area contributed by atoms with Gasteiger partial charge in [0.2, 0.25) is 0 Å². The van der Waals surface area contributed by atoms with Gasteiger partial charge >= 0.3 is 5.97 Å². The molecule has 0 saturated heterocycles. The minimum Gasteiger partial charge on any atom is -0.497 e. The molecule has 4 heteroatoms. The van der Waals surface area contributed by atoms with E-state index in [1.165, 1.54) is 5.56 Å². The maximum atomic E-state index is 12.0. The normalized spacial score (nSPS) is 15.3. The Balaban J connectivity index is 1.65. The molecule has 0 spiro atoms. The number of nitrogens with zero attached hydrogens (tertiary/aromatic N) is 1. The topological polar surface area (TPSA) is 47.9 Å². The number of aryl methyl sites for hydroxylation is 1. The standard InChI is InChI=1S/C22H23NO3/c1-15(2)18-9-4-17(5-10-18)14-20-22(24)26-21(23-20)13-8-16-6-11-19(25-3)12-7-16/h4-7,9-12,14-15H,8,13H2,1-3H3/b20-14+. The van der Waals surface area contributed by atoms with Crippen molar-refractivity contribution in [2.75, 3.05) is 7.11 Å². The summed E-state index contributed by atoms with van der Waals surface area (Å²) in [7, 11) is 1.64. The van der Waals surface area contributed by atoms with Crippen molar-refractivity contribution in [1.29, 1.82) is 0 Å². The minimum atomic E-state index is -0.386. The second-order valence-electron chi connectivity index (χ2n) is 6.59. The molecule has 1 heterocycles. The van der Waals surface area contributed by atoms with Crippen LogP contribution >= 0.6 is 0 Å². The molecule has 4 nitrogen and oxygen atoms in total. The average Bonchev–Trinajstić information content (AvgIpc) is 3.00. The molecule has 0 unspecified atom stereocenters. The van der Waals surface area contributed by atoms with Gasteiger partial charge in [0.25, 0.3) is 0 Å². The molecule has 0 radical (unpaired) electrons. The highest BCUT2D eigenvalue weighted by molar-refractivity contribution is 6.07.